The van der Waals surface area contributed by atoms with Gasteiger partial charge in [0.25, 0.3) is 0 Å². The van der Waals surface area contributed by atoms with E-state index in [1.807, 2.05) is 11.8 Å². The Bertz CT molecular complexity index is 357. The van der Waals surface area contributed by atoms with Gasteiger partial charge >= 0.3 is 0 Å². The third-order valence-electron chi connectivity index (χ3n) is 3.26. The smallest absolute Gasteiger partial charge is 0.111 e. The highest BCUT2D eigenvalue weighted by atomic mass is 32.2. The third-order valence-corrected chi connectivity index (χ3v) is 4.66. The van der Waals surface area contributed by atoms with Crippen molar-refractivity contribution in [3.05, 3.63) is 17.7 Å². The Morgan fingerprint density at radius 2 is 2.40 bits per heavy atom. The van der Waals surface area contributed by atoms with E-state index < -0.39 is 0 Å². The second-order valence-corrected chi connectivity index (χ2v) is 5.73. The van der Waals surface area contributed by atoms with E-state index in [-0.39, 0.29) is 6.10 Å². The van der Waals surface area contributed by atoms with Crippen LogP contribution in [-0.4, -0.2) is 26.5 Å². The summed E-state index contributed by atoms with van der Waals surface area (Å²) in [6, 6.07) is 0. The van der Waals surface area contributed by atoms with Crippen LogP contribution in [0.1, 0.15) is 36.0 Å². The standard InChI is InChI=1S/C11H16N2OS/c14-8-3-4-13-7-9(12-11(13)6-8)10-2-1-5-15-10/h7-8,10,14H,1-6H2. The van der Waals surface area contributed by atoms with E-state index in [1.54, 1.807) is 0 Å². The Kier molecular flexibility index (Phi) is 2.48. The van der Waals surface area contributed by atoms with E-state index in [2.05, 4.69) is 15.7 Å². The zero-order valence-corrected chi connectivity index (χ0v) is 9.54. The van der Waals surface area contributed by atoms with Crippen molar-refractivity contribution in [2.75, 3.05) is 5.75 Å². The van der Waals surface area contributed by atoms with E-state index in [4.69, 9.17) is 0 Å². The lowest BCUT2D eigenvalue weighted by atomic mass is 10.1. The molecule has 0 spiro atoms. The molecule has 3 heterocycles. The Labute approximate surface area is 93.9 Å². The van der Waals surface area contributed by atoms with Crippen LogP contribution in [0.5, 0.6) is 0 Å². The maximum Gasteiger partial charge on any atom is 0.111 e. The fourth-order valence-corrected chi connectivity index (χ4v) is 3.64. The molecule has 2 aliphatic heterocycles. The molecule has 15 heavy (non-hydrogen) atoms. The molecule has 0 saturated carbocycles. The largest absolute Gasteiger partial charge is 0.393 e. The Hall–Kier alpha value is -0.480. The molecule has 4 heteroatoms. The normalized spacial score (nSPS) is 30.5. The molecule has 0 aliphatic carbocycles. The maximum absolute atomic E-state index is 9.57. The molecule has 2 atom stereocenters. The van der Waals surface area contributed by atoms with E-state index >= 15 is 0 Å². The molecule has 3 nitrogen and oxygen atoms in total. The highest BCUT2D eigenvalue weighted by molar-refractivity contribution is 7.99. The summed E-state index contributed by atoms with van der Waals surface area (Å²) in [4.78, 5) is 4.67. The predicted octanol–water partition coefficient (Wildman–Crippen LogP) is 1.76. The van der Waals surface area contributed by atoms with Crippen LogP contribution in [0, 0.1) is 0 Å². The Morgan fingerprint density at radius 1 is 1.47 bits per heavy atom. The Morgan fingerprint density at radius 3 is 3.20 bits per heavy atom. The average Bonchev–Trinajstić information content (AvgIpc) is 2.84. The van der Waals surface area contributed by atoms with Crippen molar-refractivity contribution >= 4 is 11.8 Å². The van der Waals surface area contributed by atoms with Gasteiger partial charge in [-0.1, -0.05) is 0 Å². The lowest BCUT2D eigenvalue weighted by Crippen LogP contribution is -2.22. The summed E-state index contributed by atoms with van der Waals surface area (Å²) < 4.78 is 2.22. The minimum absolute atomic E-state index is 0.177. The number of rotatable bonds is 1. The van der Waals surface area contributed by atoms with Crippen LogP contribution < -0.4 is 0 Å². The number of imidazole rings is 1. The van der Waals surface area contributed by atoms with Crippen molar-refractivity contribution in [1.29, 1.82) is 0 Å². The van der Waals surface area contributed by atoms with Gasteiger partial charge in [0.2, 0.25) is 0 Å². The van der Waals surface area contributed by atoms with Gasteiger partial charge < -0.3 is 9.67 Å². The van der Waals surface area contributed by atoms with Crippen molar-refractivity contribution < 1.29 is 5.11 Å². The summed E-state index contributed by atoms with van der Waals surface area (Å²) in [7, 11) is 0. The van der Waals surface area contributed by atoms with Crippen LogP contribution in [-0.2, 0) is 13.0 Å². The van der Waals surface area contributed by atoms with Crippen LogP contribution in [0.2, 0.25) is 0 Å². The van der Waals surface area contributed by atoms with E-state index in [1.165, 1.54) is 24.3 Å². The first-order valence-corrected chi connectivity index (χ1v) is 6.73. The van der Waals surface area contributed by atoms with Gasteiger partial charge in [-0.15, -0.1) is 0 Å². The molecule has 1 fully saturated rings. The molecule has 0 radical (unpaired) electrons. The van der Waals surface area contributed by atoms with Crippen molar-refractivity contribution in [1.82, 2.24) is 9.55 Å². The Balaban J connectivity index is 1.85. The molecule has 0 aromatic carbocycles. The van der Waals surface area contributed by atoms with Gasteiger partial charge in [-0.3, -0.25) is 0 Å². The lowest BCUT2D eigenvalue weighted by Gasteiger charge is -2.18. The fourth-order valence-electron chi connectivity index (χ4n) is 2.40. The summed E-state index contributed by atoms with van der Waals surface area (Å²) in [5, 5.41) is 10.2. The zero-order chi connectivity index (χ0) is 10.3. The van der Waals surface area contributed by atoms with Gasteiger partial charge in [-0.2, -0.15) is 11.8 Å². The summed E-state index contributed by atoms with van der Waals surface area (Å²) in [6.07, 6.45) is 6.22. The van der Waals surface area contributed by atoms with Crippen LogP contribution in [0.3, 0.4) is 0 Å². The van der Waals surface area contributed by atoms with E-state index in [0.717, 1.165) is 25.2 Å². The number of hydrogen-bond donors (Lipinski definition) is 1. The minimum atomic E-state index is -0.177. The zero-order valence-electron chi connectivity index (χ0n) is 8.72. The molecule has 82 valence electrons. The molecular formula is C11H16N2OS. The van der Waals surface area contributed by atoms with Crippen molar-refractivity contribution in [3.8, 4) is 0 Å². The molecule has 0 bridgehead atoms. The van der Waals surface area contributed by atoms with Gasteiger partial charge in [0.05, 0.1) is 11.8 Å². The number of aliphatic hydroxyl groups excluding tert-OH is 1. The lowest BCUT2D eigenvalue weighted by molar-refractivity contribution is 0.141. The van der Waals surface area contributed by atoms with E-state index in [0.29, 0.717) is 5.25 Å². The number of thioether (sulfide) groups is 1. The molecule has 1 aromatic rings. The fraction of sp³-hybridized carbons (Fsp3) is 0.727. The number of aryl methyl sites for hydroxylation is 1. The quantitative estimate of drug-likeness (QED) is 0.790. The first kappa shape index (κ1) is 9.73. The monoisotopic (exact) mass is 224 g/mol. The first-order valence-electron chi connectivity index (χ1n) is 5.68. The van der Waals surface area contributed by atoms with Gasteiger partial charge in [-0.25, -0.2) is 4.98 Å². The number of nitrogens with zero attached hydrogens (tertiary/aromatic N) is 2. The average molecular weight is 224 g/mol. The van der Waals surface area contributed by atoms with E-state index in [9.17, 15) is 5.11 Å². The van der Waals surface area contributed by atoms with Crippen molar-refractivity contribution in [2.45, 2.75) is 43.6 Å². The van der Waals surface area contributed by atoms with Gasteiger partial charge in [-0.05, 0) is 25.0 Å². The van der Waals surface area contributed by atoms with Crippen LogP contribution in [0.15, 0.2) is 6.20 Å². The number of aromatic nitrogens is 2. The van der Waals surface area contributed by atoms with Crippen LogP contribution in [0.25, 0.3) is 0 Å². The molecule has 0 amide bonds. The summed E-state index contributed by atoms with van der Waals surface area (Å²) in [5.74, 6) is 2.35. The topological polar surface area (TPSA) is 38.0 Å². The van der Waals surface area contributed by atoms with Gasteiger partial charge in [0.15, 0.2) is 0 Å². The van der Waals surface area contributed by atoms with Crippen LogP contribution >= 0.6 is 11.8 Å². The summed E-state index contributed by atoms with van der Waals surface area (Å²) in [5.41, 5.74) is 1.24. The molecule has 1 aromatic heterocycles. The number of fused-ring (bicyclic) bond motifs is 1. The van der Waals surface area contributed by atoms with Gasteiger partial charge in [0.1, 0.15) is 5.82 Å². The van der Waals surface area contributed by atoms with Crippen molar-refractivity contribution in [3.63, 3.8) is 0 Å². The number of aliphatic hydroxyl groups is 1. The minimum Gasteiger partial charge on any atom is -0.393 e. The predicted molar refractivity (Wildman–Crippen MR) is 61.0 cm³/mol. The second kappa shape index (κ2) is 3.83. The summed E-state index contributed by atoms with van der Waals surface area (Å²) >= 11 is 2.02. The second-order valence-electron chi connectivity index (χ2n) is 4.42. The molecule has 1 saturated heterocycles. The maximum atomic E-state index is 9.57. The highest BCUT2D eigenvalue weighted by Crippen LogP contribution is 2.39. The highest BCUT2D eigenvalue weighted by Gasteiger charge is 2.24. The first-order chi connectivity index (χ1) is 7.33. The van der Waals surface area contributed by atoms with Gasteiger partial charge in [0, 0.05) is 24.4 Å². The summed E-state index contributed by atoms with van der Waals surface area (Å²) in [6.45, 7) is 0.931. The molecule has 1 N–H and O–H groups in total. The third kappa shape index (κ3) is 1.81. The van der Waals surface area contributed by atoms with Crippen LogP contribution in [0.4, 0.5) is 0 Å². The number of hydrogen-bond acceptors (Lipinski definition) is 3. The SMILES string of the molecule is OC1CCn2cc(C3CCCS3)nc2C1. The molecule has 2 aliphatic rings. The molecule has 2 unspecified atom stereocenters. The molecular weight excluding hydrogens is 208 g/mol. The molecule has 3 rings (SSSR count). The van der Waals surface area contributed by atoms with Crippen molar-refractivity contribution in [2.24, 2.45) is 0 Å².